The lowest BCUT2D eigenvalue weighted by Crippen LogP contribution is -2.43. The van der Waals surface area contributed by atoms with E-state index < -0.39 is 11.9 Å². The maximum atomic E-state index is 13.2. The molecule has 2 aromatic heterocycles. The Bertz CT molecular complexity index is 1960. The maximum absolute atomic E-state index is 13.2. The summed E-state index contributed by atoms with van der Waals surface area (Å²) >= 11 is 0. The Balaban J connectivity index is 1.00. The summed E-state index contributed by atoms with van der Waals surface area (Å²) in [6.45, 7) is 0.929. The van der Waals surface area contributed by atoms with Gasteiger partial charge < -0.3 is 38.9 Å². The van der Waals surface area contributed by atoms with Gasteiger partial charge in [0.15, 0.2) is 17.3 Å². The molecule has 1 saturated heterocycles. The predicted octanol–water partition coefficient (Wildman–Crippen LogP) is 4.98. The van der Waals surface area contributed by atoms with E-state index >= 15 is 0 Å². The van der Waals surface area contributed by atoms with Gasteiger partial charge in [-0.2, -0.15) is 0 Å². The number of rotatable bonds is 11. The summed E-state index contributed by atoms with van der Waals surface area (Å²) in [5.41, 5.74) is 3.69. The van der Waals surface area contributed by atoms with Crippen molar-refractivity contribution >= 4 is 47.1 Å². The van der Waals surface area contributed by atoms with Crippen LogP contribution in [0.25, 0.3) is 11.1 Å². The Morgan fingerprint density at radius 2 is 1.74 bits per heavy atom. The van der Waals surface area contributed by atoms with Crippen molar-refractivity contribution in [2.75, 3.05) is 38.0 Å². The summed E-state index contributed by atoms with van der Waals surface area (Å²) < 4.78 is 19.5. The van der Waals surface area contributed by atoms with Crippen molar-refractivity contribution in [3.63, 3.8) is 0 Å². The summed E-state index contributed by atoms with van der Waals surface area (Å²) in [6.07, 6.45) is 8.70. The van der Waals surface area contributed by atoms with Gasteiger partial charge in [0.05, 0.1) is 38.1 Å². The largest absolute Gasteiger partial charge is 0.493 e. The molecule has 1 fully saturated rings. The van der Waals surface area contributed by atoms with Crippen LogP contribution >= 0.6 is 0 Å². The molecule has 260 valence electrons. The van der Waals surface area contributed by atoms with Crippen molar-refractivity contribution < 1.29 is 33.4 Å². The molecule has 50 heavy (non-hydrogen) atoms. The van der Waals surface area contributed by atoms with Crippen molar-refractivity contribution in [2.45, 2.75) is 38.1 Å². The van der Waals surface area contributed by atoms with Crippen molar-refractivity contribution in [3.8, 4) is 22.6 Å². The van der Waals surface area contributed by atoms with Crippen LogP contribution in [-0.4, -0.2) is 82.3 Å². The Morgan fingerprint density at radius 3 is 2.50 bits per heavy atom. The number of aliphatic imine (C=N–C) groups is 1. The molecular weight excluding hydrogens is 642 g/mol. The topological polar surface area (TPSA) is 158 Å². The number of methoxy groups -OCH3 is 2. The molecule has 2 aliphatic heterocycles. The molecule has 2 aliphatic rings. The number of benzene rings is 2. The van der Waals surface area contributed by atoms with Crippen LogP contribution in [0, 0.1) is 0 Å². The minimum atomic E-state index is -0.446. The lowest BCUT2D eigenvalue weighted by atomic mass is 10.0. The molecule has 4 aromatic rings. The second-order valence-corrected chi connectivity index (χ2v) is 12.2. The highest BCUT2D eigenvalue weighted by Gasteiger charge is 2.31. The van der Waals surface area contributed by atoms with Crippen LogP contribution in [0.1, 0.15) is 63.6 Å². The fourth-order valence-corrected chi connectivity index (χ4v) is 6.11. The van der Waals surface area contributed by atoms with E-state index in [0.29, 0.717) is 47.1 Å². The van der Waals surface area contributed by atoms with Gasteiger partial charge in [0, 0.05) is 63.0 Å². The first-order valence-corrected chi connectivity index (χ1v) is 16.3. The Hall–Kier alpha value is -5.92. The number of piperidine rings is 1. The fourth-order valence-electron chi connectivity index (χ4n) is 6.11. The summed E-state index contributed by atoms with van der Waals surface area (Å²) in [6, 6.07) is 12.3. The van der Waals surface area contributed by atoms with Crippen LogP contribution in [0.4, 0.5) is 17.2 Å². The first-order chi connectivity index (χ1) is 24.1. The summed E-state index contributed by atoms with van der Waals surface area (Å²) in [5, 5.41) is 5.56. The van der Waals surface area contributed by atoms with Gasteiger partial charge in [0.1, 0.15) is 5.69 Å². The zero-order valence-electron chi connectivity index (χ0n) is 28.4. The van der Waals surface area contributed by atoms with E-state index in [1.165, 1.54) is 18.8 Å². The Kier molecular flexibility index (Phi) is 9.97. The number of fused-ring (bicyclic) bond motifs is 2. The van der Waals surface area contributed by atoms with Gasteiger partial charge >= 0.3 is 5.97 Å². The first-order valence-electron chi connectivity index (χ1n) is 16.3. The van der Waals surface area contributed by atoms with E-state index in [2.05, 4.69) is 20.6 Å². The molecule has 14 heteroatoms. The maximum Gasteiger partial charge on any atom is 0.354 e. The van der Waals surface area contributed by atoms with Gasteiger partial charge in [-0.15, -0.1) is 0 Å². The number of nitrogens with zero attached hydrogens (tertiary/aromatic N) is 5. The molecule has 14 nitrogen and oxygen atoms in total. The Morgan fingerprint density at radius 1 is 0.940 bits per heavy atom. The molecule has 3 amide bonds. The number of nitrogens with one attached hydrogen (secondary N) is 2. The quantitative estimate of drug-likeness (QED) is 0.166. The van der Waals surface area contributed by atoms with E-state index in [-0.39, 0.29) is 42.5 Å². The van der Waals surface area contributed by atoms with Crippen LogP contribution in [0.15, 0.2) is 59.9 Å². The van der Waals surface area contributed by atoms with Gasteiger partial charge in [0.25, 0.3) is 11.8 Å². The van der Waals surface area contributed by atoms with Crippen molar-refractivity contribution in [1.82, 2.24) is 19.0 Å². The van der Waals surface area contributed by atoms with Gasteiger partial charge in [0.2, 0.25) is 11.7 Å². The molecule has 1 atom stereocenters. The molecule has 0 unspecified atom stereocenters. The average Bonchev–Trinajstić information content (AvgIpc) is 3.66. The summed E-state index contributed by atoms with van der Waals surface area (Å²) in [7, 11) is 6.29. The smallest absolute Gasteiger partial charge is 0.354 e. The van der Waals surface area contributed by atoms with Crippen LogP contribution < -0.4 is 20.1 Å². The third kappa shape index (κ3) is 7.23. The highest BCUT2D eigenvalue weighted by molar-refractivity contribution is 6.04. The molecular formula is C36H39N7O7. The van der Waals surface area contributed by atoms with E-state index in [4.69, 9.17) is 14.2 Å². The molecule has 0 saturated carbocycles. The third-order valence-corrected chi connectivity index (χ3v) is 8.74. The number of hydrogen-bond acceptors (Lipinski definition) is 9. The van der Waals surface area contributed by atoms with E-state index in [0.717, 1.165) is 30.4 Å². The normalized spacial score (nSPS) is 15.1. The summed E-state index contributed by atoms with van der Waals surface area (Å²) in [5.74, 6) is 0.0129. The minimum absolute atomic E-state index is 0.00815. The van der Waals surface area contributed by atoms with E-state index in [9.17, 15) is 19.2 Å². The molecule has 6 rings (SSSR count). The fraction of sp³-hybridized carbons (Fsp3) is 0.333. The zero-order valence-corrected chi connectivity index (χ0v) is 28.4. The summed E-state index contributed by atoms with van der Waals surface area (Å²) in [4.78, 5) is 61.7. The van der Waals surface area contributed by atoms with Crippen molar-refractivity contribution in [2.24, 2.45) is 19.1 Å². The number of esters is 1. The third-order valence-electron chi connectivity index (χ3n) is 8.74. The predicted molar refractivity (Wildman–Crippen MR) is 187 cm³/mol. The zero-order chi connectivity index (χ0) is 35.4. The Labute approximate surface area is 289 Å². The molecule has 0 spiro atoms. The molecule has 2 N–H and O–H groups in total. The van der Waals surface area contributed by atoms with E-state index in [1.807, 2.05) is 29.4 Å². The number of imidazole rings is 1. The van der Waals surface area contributed by atoms with Gasteiger partial charge in [-0.1, -0.05) is 12.1 Å². The second-order valence-electron chi connectivity index (χ2n) is 12.2. The van der Waals surface area contributed by atoms with Gasteiger partial charge in [-0.25, -0.2) is 9.78 Å². The first kappa shape index (κ1) is 34.0. The van der Waals surface area contributed by atoms with Gasteiger partial charge in [-0.05, 0) is 55.5 Å². The van der Waals surface area contributed by atoms with Gasteiger partial charge in [-0.3, -0.25) is 19.4 Å². The van der Waals surface area contributed by atoms with Crippen LogP contribution in [0.2, 0.25) is 0 Å². The molecule has 0 aliphatic carbocycles. The number of carbonyl (C=O) groups is 4. The van der Waals surface area contributed by atoms with Crippen molar-refractivity contribution in [1.29, 1.82) is 0 Å². The van der Waals surface area contributed by atoms with Crippen LogP contribution in [0.5, 0.6) is 11.5 Å². The number of aromatic nitrogens is 3. The average molecular weight is 682 g/mol. The number of amides is 3. The minimum Gasteiger partial charge on any atom is -0.493 e. The van der Waals surface area contributed by atoms with Crippen molar-refractivity contribution in [3.05, 3.63) is 71.9 Å². The van der Waals surface area contributed by atoms with E-state index in [1.54, 1.807) is 55.2 Å². The number of aryl methyl sites for hydroxylation is 2. The highest BCUT2D eigenvalue weighted by Crippen LogP contribution is 2.38. The van der Waals surface area contributed by atoms with Crippen LogP contribution in [0.3, 0.4) is 0 Å². The lowest BCUT2D eigenvalue weighted by molar-refractivity contribution is -0.116. The monoisotopic (exact) mass is 681 g/mol. The molecule has 4 heterocycles. The number of anilines is 2. The van der Waals surface area contributed by atoms with Crippen LogP contribution in [-0.2, 0) is 23.6 Å². The molecule has 2 aromatic carbocycles. The number of hydrogen-bond donors (Lipinski definition) is 2. The standard InChI is InChI=1S/C36H39N7O7/c1-41-20-23(16-28(41)36(47)49-4)22-10-12-24(13-11-22)38-34(45)33-40-31(21-42(33)2)39-32(44)9-7-15-50-30-18-27-26(17-29(30)48-3)35(46)43-14-6-5-8-25(43)19-37-27/h10-13,16-21,25H,5-9,14-15H2,1-4H3,(H,38,45)(H,39,44)/t25-/m0/s1. The molecule has 0 radical (unpaired) electrons. The SMILES string of the molecule is COC(=O)c1cc(-c2ccc(NC(=O)c3nc(NC(=O)CCCOc4cc5c(cc4OC)C(=O)N4CCCC[C@H]4C=N5)cn3C)cc2)cn1C. The second kappa shape index (κ2) is 14.7. The number of carbonyl (C=O) groups excluding carboxylic acids is 4. The highest BCUT2D eigenvalue weighted by atomic mass is 16.5. The number of ether oxygens (including phenoxy) is 3. The lowest BCUT2D eigenvalue weighted by Gasteiger charge is -2.32. The molecule has 0 bridgehead atoms.